The van der Waals surface area contributed by atoms with Crippen LogP contribution in [0.3, 0.4) is 0 Å². The van der Waals surface area contributed by atoms with Crippen molar-refractivity contribution in [1.82, 2.24) is 24.9 Å². The van der Waals surface area contributed by atoms with Crippen LogP contribution in [0.5, 0.6) is 0 Å². The Morgan fingerprint density at radius 3 is 2.81 bits per heavy atom. The molecular weight excluding hydrogens is 388 g/mol. The number of hydrogen-bond acceptors (Lipinski definition) is 4. The van der Waals surface area contributed by atoms with Crippen molar-refractivity contribution in [2.24, 2.45) is 5.41 Å². The topological polar surface area (TPSA) is 78.8 Å². The Bertz CT molecular complexity index is 1060. The zero-order valence-electron chi connectivity index (χ0n) is 18.3. The van der Waals surface area contributed by atoms with Gasteiger partial charge >= 0.3 is 0 Å². The number of anilines is 1. The van der Waals surface area contributed by atoms with Gasteiger partial charge in [0, 0.05) is 17.5 Å². The number of benzene rings is 1. The summed E-state index contributed by atoms with van der Waals surface area (Å²) in [5, 5.41) is 15.1. The number of carbonyl (C=O) groups excluding carboxylic acids is 1. The minimum Gasteiger partial charge on any atom is -0.318 e. The molecule has 0 bridgehead atoms. The minimum atomic E-state index is -0.159. The highest BCUT2D eigenvalue weighted by Crippen LogP contribution is 2.54. The standard InChI is InChI=1S/C24H30N6O/c1-29(2)13-9-21(17-6-4-3-5-7-17)30-16-18(15-25-30)26-23(31)22-19-8-10-24(11-12-24)14-20(19)27-28-22/h3-7,15-16,21H,8-14H2,1-2H3,(H,26,31)(H,27,28). The van der Waals surface area contributed by atoms with Crippen LogP contribution >= 0.6 is 0 Å². The zero-order valence-corrected chi connectivity index (χ0v) is 18.3. The number of aromatic amines is 1. The molecule has 1 amide bonds. The molecule has 7 heteroatoms. The summed E-state index contributed by atoms with van der Waals surface area (Å²) < 4.78 is 1.95. The Labute approximate surface area is 182 Å². The van der Waals surface area contributed by atoms with Crippen LogP contribution < -0.4 is 5.32 Å². The Morgan fingerprint density at radius 2 is 2.06 bits per heavy atom. The number of H-pyrrole nitrogens is 1. The van der Waals surface area contributed by atoms with Crippen LogP contribution in [0.1, 0.15) is 59.0 Å². The highest BCUT2D eigenvalue weighted by molar-refractivity contribution is 6.03. The second kappa shape index (κ2) is 7.96. The molecule has 2 aliphatic carbocycles. The number of carbonyl (C=O) groups is 1. The van der Waals surface area contributed by atoms with Gasteiger partial charge in [0.05, 0.1) is 17.9 Å². The normalized spacial score (nSPS) is 17.5. The van der Waals surface area contributed by atoms with Gasteiger partial charge < -0.3 is 10.2 Å². The van der Waals surface area contributed by atoms with E-state index < -0.39 is 0 Å². The highest BCUT2D eigenvalue weighted by atomic mass is 16.2. The van der Waals surface area contributed by atoms with Crippen molar-refractivity contribution in [2.75, 3.05) is 26.0 Å². The molecule has 5 rings (SSSR count). The van der Waals surface area contributed by atoms with Gasteiger partial charge in [-0.15, -0.1) is 0 Å². The van der Waals surface area contributed by atoms with Crippen LogP contribution in [0, 0.1) is 5.41 Å². The molecule has 0 saturated heterocycles. The molecule has 1 unspecified atom stereocenters. The minimum absolute atomic E-state index is 0.113. The quantitative estimate of drug-likeness (QED) is 0.614. The third-order valence-electron chi connectivity index (χ3n) is 6.79. The summed E-state index contributed by atoms with van der Waals surface area (Å²) in [4.78, 5) is 15.1. The van der Waals surface area contributed by atoms with Crippen LogP contribution in [0.4, 0.5) is 5.69 Å². The lowest BCUT2D eigenvalue weighted by Crippen LogP contribution is -2.20. The third kappa shape index (κ3) is 4.14. The first-order valence-electron chi connectivity index (χ1n) is 11.1. The summed E-state index contributed by atoms with van der Waals surface area (Å²) in [5.41, 5.74) is 5.18. The van der Waals surface area contributed by atoms with Crippen molar-refractivity contribution in [3.05, 3.63) is 65.2 Å². The lowest BCUT2D eigenvalue weighted by atomic mass is 9.84. The highest BCUT2D eigenvalue weighted by Gasteiger charge is 2.46. The summed E-state index contributed by atoms with van der Waals surface area (Å²) >= 11 is 0. The number of aromatic nitrogens is 4. The summed E-state index contributed by atoms with van der Waals surface area (Å²) in [7, 11) is 4.15. The van der Waals surface area contributed by atoms with E-state index in [9.17, 15) is 4.79 Å². The second-order valence-corrected chi connectivity index (χ2v) is 9.39. The average molecular weight is 419 g/mol. The Morgan fingerprint density at radius 1 is 1.26 bits per heavy atom. The fraction of sp³-hybridized carbons (Fsp3) is 0.458. The molecule has 0 aliphatic heterocycles. The van der Waals surface area contributed by atoms with E-state index in [2.05, 4.69) is 63.9 Å². The largest absolute Gasteiger partial charge is 0.318 e. The first kappa shape index (κ1) is 20.0. The molecule has 2 N–H and O–H groups in total. The lowest BCUT2D eigenvalue weighted by molar-refractivity contribution is 0.102. The van der Waals surface area contributed by atoms with Crippen LogP contribution in [-0.4, -0.2) is 51.4 Å². The van der Waals surface area contributed by atoms with Gasteiger partial charge in [-0.3, -0.25) is 14.6 Å². The molecule has 3 aromatic rings. The molecule has 1 aromatic carbocycles. The van der Waals surface area contributed by atoms with Crippen molar-refractivity contribution in [3.63, 3.8) is 0 Å². The number of hydrogen-bond donors (Lipinski definition) is 2. The molecule has 0 radical (unpaired) electrons. The summed E-state index contributed by atoms with van der Waals surface area (Å²) in [6.07, 6.45) is 10.3. The predicted molar refractivity (Wildman–Crippen MR) is 120 cm³/mol. The first-order valence-corrected chi connectivity index (χ1v) is 11.1. The van der Waals surface area contributed by atoms with Gasteiger partial charge in [-0.2, -0.15) is 10.2 Å². The van der Waals surface area contributed by atoms with E-state index in [-0.39, 0.29) is 11.9 Å². The fourth-order valence-electron chi connectivity index (χ4n) is 4.73. The molecule has 2 aromatic heterocycles. The van der Waals surface area contributed by atoms with Gasteiger partial charge in [0.25, 0.3) is 5.91 Å². The van der Waals surface area contributed by atoms with Gasteiger partial charge in [-0.05, 0) is 70.1 Å². The smallest absolute Gasteiger partial charge is 0.276 e. The molecular formula is C24H30N6O. The van der Waals surface area contributed by atoms with E-state index in [0.29, 0.717) is 16.8 Å². The Kier molecular flexibility index (Phi) is 5.14. The van der Waals surface area contributed by atoms with Crippen LogP contribution in [0.15, 0.2) is 42.7 Å². The molecule has 1 saturated carbocycles. The van der Waals surface area contributed by atoms with Crippen LogP contribution in [0.2, 0.25) is 0 Å². The van der Waals surface area contributed by atoms with Crippen molar-refractivity contribution in [3.8, 4) is 0 Å². The molecule has 7 nitrogen and oxygen atoms in total. The van der Waals surface area contributed by atoms with E-state index in [1.807, 2.05) is 16.9 Å². The summed E-state index contributed by atoms with van der Waals surface area (Å²) in [5.74, 6) is -0.159. The number of nitrogens with one attached hydrogen (secondary N) is 2. The number of nitrogens with zero attached hydrogens (tertiary/aromatic N) is 4. The summed E-state index contributed by atoms with van der Waals surface area (Å²) in [6.45, 7) is 0.946. The van der Waals surface area contributed by atoms with Crippen molar-refractivity contribution in [2.45, 2.75) is 44.6 Å². The zero-order chi connectivity index (χ0) is 21.4. The van der Waals surface area contributed by atoms with Crippen LogP contribution in [-0.2, 0) is 12.8 Å². The van der Waals surface area contributed by atoms with E-state index in [1.165, 1.54) is 24.8 Å². The van der Waals surface area contributed by atoms with Gasteiger partial charge in [-0.1, -0.05) is 30.3 Å². The predicted octanol–water partition coefficient (Wildman–Crippen LogP) is 3.67. The monoisotopic (exact) mass is 418 g/mol. The summed E-state index contributed by atoms with van der Waals surface area (Å²) in [6, 6.07) is 10.5. The molecule has 2 aliphatic rings. The van der Waals surface area contributed by atoms with Crippen molar-refractivity contribution in [1.29, 1.82) is 0 Å². The average Bonchev–Trinajstić information content (AvgIpc) is 3.15. The van der Waals surface area contributed by atoms with Crippen molar-refractivity contribution < 1.29 is 4.79 Å². The Hall–Kier alpha value is -2.93. The second-order valence-electron chi connectivity index (χ2n) is 9.39. The molecule has 31 heavy (non-hydrogen) atoms. The van der Waals surface area contributed by atoms with Gasteiger partial charge in [0.2, 0.25) is 0 Å². The molecule has 162 valence electrons. The SMILES string of the molecule is CN(C)CCC(c1ccccc1)n1cc(NC(=O)c2n[nH]c3c2CCC2(CC2)C3)cn1. The van der Waals surface area contributed by atoms with E-state index in [0.717, 1.165) is 37.1 Å². The van der Waals surface area contributed by atoms with Gasteiger partial charge in [0.15, 0.2) is 5.69 Å². The lowest BCUT2D eigenvalue weighted by Gasteiger charge is -2.21. The van der Waals surface area contributed by atoms with Crippen LogP contribution in [0.25, 0.3) is 0 Å². The Balaban J connectivity index is 1.32. The van der Waals surface area contributed by atoms with E-state index in [1.54, 1.807) is 6.20 Å². The number of rotatable bonds is 7. The third-order valence-corrected chi connectivity index (χ3v) is 6.79. The number of fused-ring (bicyclic) bond motifs is 1. The van der Waals surface area contributed by atoms with E-state index >= 15 is 0 Å². The van der Waals surface area contributed by atoms with E-state index in [4.69, 9.17) is 0 Å². The molecule has 1 fully saturated rings. The fourth-order valence-corrected chi connectivity index (χ4v) is 4.73. The van der Waals surface area contributed by atoms with Gasteiger partial charge in [0.1, 0.15) is 0 Å². The number of amides is 1. The maximum atomic E-state index is 13.0. The molecule has 1 atom stereocenters. The maximum absolute atomic E-state index is 13.0. The maximum Gasteiger partial charge on any atom is 0.276 e. The van der Waals surface area contributed by atoms with Crippen molar-refractivity contribution >= 4 is 11.6 Å². The molecule has 1 spiro atoms. The van der Waals surface area contributed by atoms with Gasteiger partial charge in [-0.25, -0.2) is 0 Å². The molecule has 2 heterocycles. The first-order chi connectivity index (χ1) is 15.0.